The Morgan fingerprint density at radius 1 is 1.05 bits per heavy atom. The van der Waals surface area contributed by atoms with Crippen LogP contribution in [0.25, 0.3) is 0 Å². The summed E-state index contributed by atoms with van der Waals surface area (Å²) in [5.74, 6) is -3.74. The monoisotopic (exact) mass is 569 g/mol. The number of ether oxygens (including phenoxy) is 1. The summed E-state index contributed by atoms with van der Waals surface area (Å²) in [4.78, 5) is 61.5. The number of nitrogens with two attached hydrogens (primary N) is 1. The van der Waals surface area contributed by atoms with Crippen LogP contribution < -0.4 is 21.7 Å². The van der Waals surface area contributed by atoms with Gasteiger partial charge in [0.25, 0.3) is 11.8 Å². The molecule has 4 amide bonds. The third-order valence-electron chi connectivity index (χ3n) is 7.11. The molecule has 1 heterocycles. The molecule has 14 heteroatoms. The largest absolute Gasteiger partial charge is 0.502 e. The van der Waals surface area contributed by atoms with Crippen molar-refractivity contribution in [2.45, 2.75) is 50.0 Å². The minimum atomic E-state index is -1.33. The maximum atomic E-state index is 13.5. The van der Waals surface area contributed by atoms with Gasteiger partial charge in [-0.25, -0.2) is 0 Å². The van der Waals surface area contributed by atoms with E-state index in [2.05, 4.69) is 16.0 Å². The van der Waals surface area contributed by atoms with Crippen LogP contribution in [0.3, 0.4) is 0 Å². The number of hydrogen-bond donors (Lipinski definition) is 6. The van der Waals surface area contributed by atoms with Gasteiger partial charge in [-0.15, -0.1) is 0 Å². The van der Waals surface area contributed by atoms with Crippen LogP contribution in [-0.4, -0.2) is 76.2 Å². The third kappa shape index (κ3) is 7.15. The number of phenolic OH excluding ortho intramolecular Hbond substituents is 1. The van der Waals surface area contributed by atoms with E-state index in [0.29, 0.717) is 19.3 Å². The minimum Gasteiger partial charge on any atom is -0.502 e. The number of hydrogen-bond acceptors (Lipinski definition) is 9. The molecule has 2 aromatic carbocycles. The van der Waals surface area contributed by atoms with Crippen molar-refractivity contribution < 1.29 is 39.1 Å². The van der Waals surface area contributed by atoms with Gasteiger partial charge in [0.2, 0.25) is 11.8 Å². The van der Waals surface area contributed by atoms with E-state index in [0.717, 1.165) is 23.3 Å². The number of nitrogens with one attached hydrogen (secondary N) is 3. The van der Waals surface area contributed by atoms with E-state index in [1.807, 2.05) is 24.3 Å². The molecule has 1 aliphatic heterocycles. The fraction of sp³-hybridized carbons (Fsp3) is 0.407. The molecular weight excluding hydrogens is 538 g/mol. The zero-order valence-electron chi connectivity index (χ0n) is 21.9. The van der Waals surface area contributed by atoms with Crippen LogP contribution in [0.5, 0.6) is 5.75 Å². The zero-order valence-corrected chi connectivity index (χ0v) is 21.9. The average Bonchev–Trinajstić information content (AvgIpc) is 3.63. The van der Waals surface area contributed by atoms with E-state index in [-0.39, 0.29) is 31.1 Å². The van der Waals surface area contributed by atoms with Crippen molar-refractivity contribution in [1.29, 1.82) is 0 Å². The molecule has 0 spiro atoms. The van der Waals surface area contributed by atoms with E-state index in [4.69, 9.17) is 15.6 Å². The number of nitro benzene ring substituents is 1. The molecule has 4 atom stereocenters. The Balaban J connectivity index is 1.50. The SMILES string of the molecule is NC(=O)[C@H](NC(=O)C(Cc1ccc(O)c([N+](=O)[O-])c1)NC(=O)C1O[C@@H]1C(=O)NCCCO)C1Cc2ccccc2C1. The maximum Gasteiger partial charge on any atom is 0.310 e. The fourth-order valence-corrected chi connectivity index (χ4v) is 4.95. The molecule has 0 aromatic heterocycles. The highest BCUT2D eigenvalue weighted by molar-refractivity contribution is 5.97. The number of nitro groups is 1. The molecule has 14 nitrogen and oxygen atoms in total. The summed E-state index contributed by atoms with van der Waals surface area (Å²) in [5, 5.41) is 37.6. The summed E-state index contributed by atoms with van der Waals surface area (Å²) < 4.78 is 5.19. The number of amides is 4. The van der Waals surface area contributed by atoms with E-state index in [1.54, 1.807) is 0 Å². The first-order valence-corrected chi connectivity index (χ1v) is 13.1. The van der Waals surface area contributed by atoms with Crippen LogP contribution in [0.15, 0.2) is 42.5 Å². The molecule has 0 bridgehead atoms. The number of benzene rings is 2. The van der Waals surface area contributed by atoms with E-state index in [1.165, 1.54) is 6.07 Å². The topological polar surface area (TPSA) is 227 Å². The number of primary amides is 1. The highest BCUT2D eigenvalue weighted by Crippen LogP contribution is 2.30. The molecule has 218 valence electrons. The molecule has 4 rings (SSSR count). The van der Waals surface area contributed by atoms with E-state index in [9.17, 15) is 34.4 Å². The molecule has 0 saturated carbocycles. The average molecular weight is 570 g/mol. The Kier molecular flexibility index (Phi) is 9.14. The molecule has 2 aromatic rings. The third-order valence-corrected chi connectivity index (χ3v) is 7.11. The van der Waals surface area contributed by atoms with Gasteiger partial charge < -0.3 is 36.6 Å². The first kappa shape index (κ1) is 29.4. The molecule has 2 aliphatic rings. The number of carbonyl (C=O) groups is 4. The van der Waals surface area contributed by atoms with Gasteiger partial charge in [-0.2, -0.15) is 0 Å². The molecule has 1 fully saturated rings. The number of aromatic hydroxyl groups is 1. The summed E-state index contributed by atoms with van der Waals surface area (Å²) in [5.41, 5.74) is 7.39. The Bertz CT molecular complexity index is 1330. The second-order valence-electron chi connectivity index (χ2n) is 10.0. The lowest BCUT2D eigenvalue weighted by atomic mass is 9.95. The van der Waals surface area contributed by atoms with Crippen LogP contribution in [-0.2, 0) is 43.2 Å². The van der Waals surface area contributed by atoms with Gasteiger partial charge in [-0.1, -0.05) is 30.3 Å². The Labute approximate surface area is 234 Å². The van der Waals surface area contributed by atoms with Crippen LogP contribution in [0.4, 0.5) is 5.69 Å². The molecule has 2 unspecified atom stereocenters. The highest BCUT2D eigenvalue weighted by Gasteiger charge is 2.51. The van der Waals surface area contributed by atoms with E-state index >= 15 is 0 Å². The van der Waals surface area contributed by atoms with Gasteiger partial charge in [0, 0.05) is 25.6 Å². The number of carbonyl (C=O) groups excluding carboxylic acids is 4. The Hall–Kier alpha value is -4.56. The van der Waals surface area contributed by atoms with Crippen molar-refractivity contribution in [2.75, 3.05) is 13.2 Å². The number of aliphatic hydroxyl groups is 1. The maximum absolute atomic E-state index is 13.5. The molecule has 41 heavy (non-hydrogen) atoms. The number of aliphatic hydroxyl groups excluding tert-OH is 1. The number of rotatable bonds is 13. The van der Waals surface area contributed by atoms with Crippen molar-refractivity contribution in [1.82, 2.24) is 16.0 Å². The molecule has 0 radical (unpaired) electrons. The van der Waals surface area contributed by atoms with Gasteiger partial charge in [0.1, 0.15) is 12.1 Å². The standard InChI is InChI=1S/C27H31N5O9/c28-24(35)21(17-12-15-4-1-2-5-16(15)13-17)31-25(36)18(10-14-6-7-20(34)19(11-14)32(39)40)30-27(38)23-22(41-23)26(37)29-8-3-9-33/h1-2,4-7,11,17-18,21-23,33-34H,3,8-10,12-13H2,(H2,28,35)(H,29,37)(H,30,38)(H,31,36)/t18?,21-,22+,23?/m1/s1. The summed E-state index contributed by atoms with van der Waals surface area (Å²) in [6.45, 7) is 0.0644. The lowest BCUT2D eigenvalue weighted by Gasteiger charge is -2.25. The molecular formula is C27H31N5O9. The molecule has 1 saturated heterocycles. The van der Waals surface area contributed by atoms with Gasteiger partial charge in [0.15, 0.2) is 18.0 Å². The van der Waals surface area contributed by atoms with Crippen molar-refractivity contribution >= 4 is 29.3 Å². The van der Waals surface area contributed by atoms with Crippen molar-refractivity contribution in [3.63, 3.8) is 0 Å². The van der Waals surface area contributed by atoms with Gasteiger partial charge in [-0.05, 0) is 47.9 Å². The predicted octanol–water partition coefficient (Wildman–Crippen LogP) is -1.02. The lowest BCUT2D eigenvalue weighted by Crippen LogP contribution is -2.56. The first-order chi connectivity index (χ1) is 19.6. The van der Waals surface area contributed by atoms with Crippen LogP contribution in [0, 0.1) is 16.0 Å². The van der Waals surface area contributed by atoms with Crippen molar-refractivity contribution in [3.8, 4) is 5.75 Å². The van der Waals surface area contributed by atoms with Crippen LogP contribution >= 0.6 is 0 Å². The van der Waals surface area contributed by atoms with Gasteiger partial charge in [0.05, 0.1) is 4.92 Å². The second-order valence-corrected chi connectivity index (χ2v) is 10.0. The van der Waals surface area contributed by atoms with Crippen molar-refractivity contribution in [3.05, 3.63) is 69.3 Å². The van der Waals surface area contributed by atoms with Gasteiger partial charge in [-0.3, -0.25) is 29.3 Å². The fourth-order valence-electron chi connectivity index (χ4n) is 4.95. The van der Waals surface area contributed by atoms with Gasteiger partial charge >= 0.3 is 5.69 Å². The smallest absolute Gasteiger partial charge is 0.310 e. The Morgan fingerprint density at radius 2 is 1.71 bits per heavy atom. The number of nitrogens with zero attached hydrogens (tertiary/aromatic N) is 1. The number of fused-ring (bicyclic) bond motifs is 1. The number of epoxide rings is 1. The highest BCUT2D eigenvalue weighted by atomic mass is 16.6. The summed E-state index contributed by atoms with van der Waals surface area (Å²) in [6.07, 6.45) is -1.16. The summed E-state index contributed by atoms with van der Waals surface area (Å²) in [7, 11) is 0. The molecule has 7 N–H and O–H groups in total. The van der Waals surface area contributed by atoms with E-state index < -0.39 is 64.3 Å². The van der Waals surface area contributed by atoms with Crippen LogP contribution in [0.2, 0.25) is 0 Å². The minimum absolute atomic E-state index is 0.124. The van der Waals surface area contributed by atoms with Crippen molar-refractivity contribution in [2.24, 2.45) is 11.7 Å². The molecule has 1 aliphatic carbocycles. The quantitative estimate of drug-likeness (QED) is 0.0750. The lowest BCUT2D eigenvalue weighted by molar-refractivity contribution is -0.385. The normalized spacial score (nSPS) is 19.0. The second kappa shape index (κ2) is 12.7. The summed E-state index contributed by atoms with van der Waals surface area (Å²) in [6, 6.07) is 8.76. The summed E-state index contributed by atoms with van der Waals surface area (Å²) >= 11 is 0. The van der Waals surface area contributed by atoms with Crippen LogP contribution in [0.1, 0.15) is 23.1 Å². The first-order valence-electron chi connectivity index (χ1n) is 13.1. The zero-order chi connectivity index (χ0) is 29.7. The predicted molar refractivity (Wildman–Crippen MR) is 142 cm³/mol. The Morgan fingerprint density at radius 3 is 2.32 bits per heavy atom. The number of phenols is 1.